The highest BCUT2D eigenvalue weighted by molar-refractivity contribution is 7.82. The SMILES string of the molecule is CCCCCCCCCCC(S)(CC(=O)O)C(=O)O. The topological polar surface area (TPSA) is 74.6 Å². The molecule has 1 unspecified atom stereocenters. The number of carboxylic acids is 2. The molecule has 0 saturated carbocycles. The van der Waals surface area contributed by atoms with Crippen LogP contribution < -0.4 is 0 Å². The maximum atomic E-state index is 11.1. The first kappa shape index (κ1) is 18.3. The largest absolute Gasteiger partial charge is 0.481 e. The predicted molar refractivity (Wildman–Crippen MR) is 78.8 cm³/mol. The Hall–Kier alpha value is -0.710. The van der Waals surface area contributed by atoms with E-state index in [0.717, 1.165) is 19.3 Å². The fourth-order valence-corrected chi connectivity index (χ4v) is 2.37. The van der Waals surface area contributed by atoms with Crippen LogP contribution in [-0.4, -0.2) is 26.9 Å². The minimum atomic E-state index is -1.42. The molecule has 0 rings (SSSR count). The second-order valence-electron chi connectivity index (χ2n) is 5.13. The van der Waals surface area contributed by atoms with Crippen molar-refractivity contribution in [2.45, 2.75) is 75.9 Å². The Labute approximate surface area is 121 Å². The van der Waals surface area contributed by atoms with Crippen LogP contribution in [0.15, 0.2) is 0 Å². The van der Waals surface area contributed by atoms with Crippen molar-refractivity contribution in [3.8, 4) is 0 Å². The van der Waals surface area contributed by atoms with Crippen molar-refractivity contribution in [3.63, 3.8) is 0 Å². The van der Waals surface area contributed by atoms with E-state index in [9.17, 15) is 9.59 Å². The monoisotopic (exact) mass is 290 g/mol. The van der Waals surface area contributed by atoms with Crippen molar-refractivity contribution in [3.05, 3.63) is 0 Å². The number of carbonyl (C=O) groups is 2. The van der Waals surface area contributed by atoms with Crippen LogP contribution in [0.1, 0.15) is 71.1 Å². The van der Waals surface area contributed by atoms with Gasteiger partial charge in [0.15, 0.2) is 0 Å². The standard InChI is InChI=1S/C14H26O4S/c1-2-3-4-5-6-7-8-9-10-14(19,13(17)18)11-12(15)16/h19H,2-11H2,1H3,(H,15,16)(H,17,18). The molecular formula is C14H26O4S. The minimum Gasteiger partial charge on any atom is -0.481 e. The number of aliphatic carboxylic acids is 2. The van der Waals surface area contributed by atoms with Gasteiger partial charge in [-0.3, -0.25) is 9.59 Å². The Morgan fingerprint density at radius 1 is 0.947 bits per heavy atom. The zero-order valence-electron chi connectivity index (χ0n) is 11.7. The smallest absolute Gasteiger partial charge is 0.320 e. The van der Waals surface area contributed by atoms with Crippen molar-refractivity contribution in [1.29, 1.82) is 0 Å². The molecule has 5 heteroatoms. The van der Waals surface area contributed by atoms with E-state index < -0.39 is 23.1 Å². The molecule has 0 aliphatic heterocycles. The molecule has 4 nitrogen and oxygen atoms in total. The first-order chi connectivity index (χ1) is 8.92. The maximum Gasteiger partial charge on any atom is 0.320 e. The van der Waals surface area contributed by atoms with Gasteiger partial charge in [-0.25, -0.2) is 0 Å². The molecule has 0 bridgehead atoms. The number of rotatable bonds is 12. The minimum absolute atomic E-state index is 0.312. The van der Waals surface area contributed by atoms with E-state index in [1.807, 2.05) is 0 Å². The third-order valence-corrected chi connectivity index (χ3v) is 3.86. The molecule has 0 aromatic carbocycles. The van der Waals surface area contributed by atoms with Crippen molar-refractivity contribution in [1.82, 2.24) is 0 Å². The van der Waals surface area contributed by atoms with Crippen molar-refractivity contribution < 1.29 is 19.8 Å². The highest BCUT2D eigenvalue weighted by Crippen LogP contribution is 2.27. The Morgan fingerprint density at radius 3 is 1.84 bits per heavy atom. The van der Waals surface area contributed by atoms with Crippen molar-refractivity contribution in [2.75, 3.05) is 0 Å². The van der Waals surface area contributed by atoms with Gasteiger partial charge in [-0.2, -0.15) is 12.6 Å². The van der Waals surface area contributed by atoms with Gasteiger partial charge in [-0.1, -0.05) is 58.3 Å². The molecule has 19 heavy (non-hydrogen) atoms. The van der Waals surface area contributed by atoms with Gasteiger partial charge in [0.2, 0.25) is 0 Å². The van der Waals surface area contributed by atoms with Crippen LogP contribution in [-0.2, 0) is 9.59 Å². The van der Waals surface area contributed by atoms with E-state index in [1.165, 1.54) is 32.1 Å². The van der Waals surface area contributed by atoms with Crippen LogP contribution in [0.2, 0.25) is 0 Å². The van der Waals surface area contributed by atoms with Gasteiger partial charge in [-0.15, -0.1) is 0 Å². The lowest BCUT2D eigenvalue weighted by Gasteiger charge is -2.21. The molecule has 0 fully saturated rings. The average molecular weight is 290 g/mol. The van der Waals surface area contributed by atoms with E-state index in [-0.39, 0.29) is 0 Å². The molecule has 0 amide bonds. The van der Waals surface area contributed by atoms with Gasteiger partial charge in [0.05, 0.1) is 6.42 Å². The third kappa shape index (κ3) is 8.92. The summed E-state index contributed by atoms with van der Waals surface area (Å²) in [5.74, 6) is -2.25. The van der Waals surface area contributed by atoms with Gasteiger partial charge in [0.1, 0.15) is 4.75 Å². The Balaban J connectivity index is 3.77. The number of unbranched alkanes of at least 4 members (excludes halogenated alkanes) is 7. The summed E-state index contributed by atoms with van der Waals surface area (Å²) in [5, 5.41) is 17.8. The lowest BCUT2D eigenvalue weighted by atomic mass is 9.96. The molecule has 0 saturated heterocycles. The number of thiol groups is 1. The molecule has 0 aliphatic rings. The Kier molecular flexibility index (Phi) is 9.74. The Morgan fingerprint density at radius 2 is 1.42 bits per heavy atom. The molecule has 0 aromatic rings. The normalized spacial score (nSPS) is 14.0. The number of hydrogen-bond donors (Lipinski definition) is 3. The summed E-state index contributed by atoms with van der Waals surface area (Å²) in [7, 11) is 0. The van der Waals surface area contributed by atoms with Crippen molar-refractivity contribution >= 4 is 24.6 Å². The van der Waals surface area contributed by atoms with Crippen molar-refractivity contribution in [2.24, 2.45) is 0 Å². The lowest BCUT2D eigenvalue weighted by Crippen LogP contribution is -2.35. The summed E-state index contributed by atoms with van der Waals surface area (Å²) in [4.78, 5) is 21.7. The summed E-state index contributed by atoms with van der Waals surface area (Å²) >= 11 is 4.04. The predicted octanol–water partition coefficient (Wildman–Crippen LogP) is 3.75. The lowest BCUT2D eigenvalue weighted by molar-refractivity contribution is -0.146. The zero-order chi connectivity index (χ0) is 14.7. The quantitative estimate of drug-likeness (QED) is 0.378. The molecular weight excluding hydrogens is 264 g/mol. The van der Waals surface area contributed by atoms with Gasteiger partial charge < -0.3 is 10.2 Å². The third-order valence-electron chi connectivity index (χ3n) is 3.29. The molecule has 2 N–H and O–H groups in total. The Bertz CT molecular complexity index is 281. The molecule has 0 aromatic heterocycles. The van der Waals surface area contributed by atoms with E-state index >= 15 is 0 Å². The summed E-state index contributed by atoms with van der Waals surface area (Å²) in [6, 6.07) is 0. The van der Waals surface area contributed by atoms with Crippen LogP contribution in [0.25, 0.3) is 0 Å². The van der Waals surface area contributed by atoms with Gasteiger partial charge in [0.25, 0.3) is 0 Å². The van der Waals surface area contributed by atoms with E-state index in [2.05, 4.69) is 19.6 Å². The molecule has 1 atom stereocenters. The molecule has 0 heterocycles. The average Bonchev–Trinajstić information content (AvgIpc) is 2.31. The number of hydrogen-bond acceptors (Lipinski definition) is 3. The van der Waals surface area contributed by atoms with E-state index in [1.54, 1.807) is 0 Å². The summed E-state index contributed by atoms with van der Waals surface area (Å²) < 4.78 is -1.42. The highest BCUT2D eigenvalue weighted by atomic mass is 32.1. The van der Waals surface area contributed by atoms with E-state index in [0.29, 0.717) is 6.42 Å². The first-order valence-corrected chi connectivity index (χ1v) is 7.54. The van der Waals surface area contributed by atoms with Crippen LogP contribution in [0.5, 0.6) is 0 Å². The maximum absolute atomic E-state index is 11.1. The van der Waals surface area contributed by atoms with Crippen LogP contribution in [0.3, 0.4) is 0 Å². The second kappa shape index (κ2) is 10.1. The summed E-state index contributed by atoms with van der Waals surface area (Å²) in [6.07, 6.45) is 8.81. The molecule has 0 radical (unpaired) electrons. The van der Waals surface area contributed by atoms with Gasteiger partial charge in [-0.05, 0) is 6.42 Å². The molecule has 0 spiro atoms. The highest BCUT2D eigenvalue weighted by Gasteiger charge is 2.36. The first-order valence-electron chi connectivity index (χ1n) is 7.10. The van der Waals surface area contributed by atoms with Crippen LogP contribution in [0, 0.1) is 0 Å². The molecule has 0 aliphatic carbocycles. The number of carboxylic acid groups (broad SMARTS) is 2. The second-order valence-corrected chi connectivity index (χ2v) is 5.99. The van der Waals surface area contributed by atoms with Crippen LogP contribution >= 0.6 is 12.6 Å². The molecule has 112 valence electrons. The fraction of sp³-hybridized carbons (Fsp3) is 0.857. The summed E-state index contributed by atoms with van der Waals surface area (Å²) in [5.41, 5.74) is 0. The van der Waals surface area contributed by atoms with E-state index in [4.69, 9.17) is 10.2 Å². The van der Waals surface area contributed by atoms with Gasteiger partial charge >= 0.3 is 11.9 Å². The zero-order valence-corrected chi connectivity index (χ0v) is 12.6. The van der Waals surface area contributed by atoms with Gasteiger partial charge in [0, 0.05) is 0 Å². The fourth-order valence-electron chi connectivity index (χ4n) is 2.07. The summed E-state index contributed by atoms with van der Waals surface area (Å²) in [6.45, 7) is 2.18. The van der Waals surface area contributed by atoms with Crippen LogP contribution in [0.4, 0.5) is 0 Å².